The molecule has 0 atom stereocenters. The van der Waals surface area contributed by atoms with Crippen LogP contribution in [-0.4, -0.2) is 41.1 Å². The van der Waals surface area contributed by atoms with Gasteiger partial charge in [-0.3, -0.25) is 9.52 Å². The van der Waals surface area contributed by atoms with Gasteiger partial charge in [-0.05, 0) is 61.5 Å². The van der Waals surface area contributed by atoms with E-state index >= 15 is 0 Å². The fourth-order valence-corrected chi connectivity index (χ4v) is 4.57. The lowest BCUT2D eigenvalue weighted by Gasteiger charge is -2.17. The Balaban J connectivity index is 1.92. The molecule has 3 aromatic rings. The van der Waals surface area contributed by atoms with Crippen molar-refractivity contribution in [3.8, 4) is 11.5 Å². The van der Waals surface area contributed by atoms with E-state index in [4.69, 9.17) is 37.4 Å². The van der Waals surface area contributed by atoms with Gasteiger partial charge in [0.15, 0.2) is 11.5 Å². The maximum atomic E-state index is 13.0. The molecular weight excluding hydrogens is 531 g/mol. The first-order valence-electron chi connectivity index (χ1n) is 10.4. The monoisotopic (exact) mass is 552 g/mol. The van der Waals surface area contributed by atoms with E-state index < -0.39 is 21.9 Å². The van der Waals surface area contributed by atoms with Crippen LogP contribution >= 0.6 is 23.2 Å². The van der Waals surface area contributed by atoms with Crippen LogP contribution in [0.2, 0.25) is 10.0 Å². The molecule has 9 nitrogen and oxygen atoms in total. The number of halogens is 2. The molecule has 0 aliphatic heterocycles. The molecule has 3 aromatic carbocycles. The van der Waals surface area contributed by atoms with Gasteiger partial charge in [-0.2, -0.15) is 0 Å². The van der Waals surface area contributed by atoms with Crippen molar-refractivity contribution < 1.29 is 32.2 Å². The Bertz CT molecular complexity index is 1390. The number of rotatable bonds is 9. The van der Waals surface area contributed by atoms with Crippen LogP contribution in [0.5, 0.6) is 11.5 Å². The third kappa shape index (κ3) is 6.20. The lowest BCUT2D eigenvalue weighted by Crippen LogP contribution is -2.16. The molecule has 0 saturated heterocycles. The van der Waals surface area contributed by atoms with E-state index in [-0.39, 0.29) is 44.3 Å². The maximum absolute atomic E-state index is 13.0. The Labute approximate surface area is 218 Å². The van der Waals surface area contributed by atoms with Gasteiger partial charge in [0.05, 0.1) is 47.0 Å². The fraction of sp³-hybridized carbons (Fsp3) is 0.167. The van der Waals surface area contributed by atoms with Crippen molar-refractivity contribution in [1.82, 2.24) is 0 Å². The van der Waals surface area contributed by atoms with Crippen LogP contribution in [0.1, 0.15) is 27.6 Å². The molecule has 2 N–H and O–H groups in total. The Morgan fingerprint density at radius 3 is 2.17 bits per heavy atom. The number of benzene rings is 3. The molecular formula is C24H22Cl2N2O7S. The van der Waals surface area contributed by atoms with Gasteiger partial charge in [-0.15, -0.1) is 0 Å². The van der Waals surface area contributed by atoms with Gasteiger partial charge < -0.3 is 19.5 Å². The van der Waals surface area contributed by atoms with Gasteiger partial charge in [0.25, 0.3) is 15.9 Å². The summed E-state index contributed by atoms with van der Waals surface area (Å²) in [6.45, 7) is 1.95. The number of amides is 1. The van der Waals surface area contributed by atoms with E-state index in [0.29, 0.717) is 11.3 Å². The number of hydrogen-bond acceptors (Lipinski definition) is 7. The molecule has 0 aromatic heterocycles. The summed E-state index contributed by atoms with van der Waals surface area (Å²) in [4.78, 5) is 24.6. The van der Waals surface area contributed by atoms with Crippen molar-refractivity contribution in [2.75, 3.05) is 30.9 Å². The topological polar surface area (TPSA) is 120 Å². The average Bonchev–Trinajstić information content (AvgIpc) is 2.85. The fourth-order valence-electron chi connectivity index (χ4n) is 3.13. The van der Waals surface area contributed by atoms with Crippen molar-refractivity contribution in [2.24, 2.45) is 0 Å². The SMILES string of the molecule is CCOC(=O)c1ccc(NC(=O)c2cc(NS(=O)(=O)c3ccc(Cl)c(Cl)c3)c(OC)c(OC)c2)cc1. The van der Waals surface area contributed by atoms with Gasteiger partial charge in [-0.25, -0.2) is 13.2 Å². The number of anilines is 2. The molecule has 12 heteroatoms. The van der Waals surface area contributed by atoms with E-state index in [1.807, 2.05) is 0 Å². The second kappa shape index (κ2) is 11.5. The quantitative estimate of drug-likeness (QED) is 0.348. The second-order valence-electron chi connectivity index (χ2n) is 7.19. The van der Waals surface area contributed by atoms with Crippen LogP contribution < -0.4 is 19.5 Å². The summed E-state index contributed by atoms with van der Waals surface area (Å²) in [5.74, 6) is -0.852. The molecule has 0 unspecified atom stereocenters. The number of hydrogen-bond donors (Lipinski definition) is 2. The zero-order valence-corrected chi connectivity index (χ0v) is 21.8. The zero-order valence-electron chi connectivity index (χ0n) is 19.4. The molecule has 0 bridgehead atoms. The van der Waals surface area contributed by atoms with Crippen LogP contribution in [-0.2, 0) is 14.8 Å². The normalized spacial score (nSPS) is 10.9. The molecule has 0 heterocycles. The molecule has 36 heavy (non-hydrogen) atoms. The number of nitrogens with one attached hydrogen (secondary N) is 2. The highest BCUT2D eigenvalue weighted by molar-refractivity contribution is 7.92. The first-order chi connectivity index (χ1) is 17.1. The molecule has 190 valence electrons. The van der Waals surface area contributed by atoms with E-state index in [2.05, 4.69) is 10.0 Å². The summed E-state index contributed by atoms with van der Waals surface area (Å²) < 4.78 is 44.0. The zero-order chi connectivity index (χ0) is 26.5. The van der Waals surface area contributed by atoms with Crippen LogP contribution in [0.15, 0.2) is 59.5 Å². The maximum Gasteiger partial charge on any atom is 0.338 e. The second-order valence-corrected chi connectivity index (χ2v) is 9.69. The van der Waals surface area contributed by atoms with Crippen LogP contribution in [0, 0.1) is 0 Å². The number of ether oxygens (including phenoxy) is 3. The summed E-state index contributed by atoms with van der Waals surface area (Å²) in [5, 5.41) is 2.94. The van der Waals surface area contributed by atoms with Crippen LogP contribution in [0.3, 0.4) is 0 Å². The van der Waals surface area contributed by atoms with Gasteiger partial charge in [0, 0.05) is 11.3 Å². The van der Waals surface area contributed by atoms with Crippen LogP contribution in [0.25, 0.3) is 0 Å². The van der Waals surface area contributed by atoms with Gasteiger partial charge >= 0.3 is 5.97 Å². The Kier molecular flexibility index (Phi) is 8.67. The molecule has 0 saturated carbocycles. The standard InChI is InChI=1S/C24H22Cl2N2O7S/c1-4-35-24(30)14-5-7-16(8-6-14)27-23(29)15-11-20(22(34-3)21(12-15)33-2)28-36(31,32)17-9-10-18(25)19(26)13-17/h5-13,28H,4H2,1-3H3,(H,27,29). The van der Waals surface area contributed by atoms with Crippen molar-refractivity contribution in [2.45, 2.75) is 11.8 Å². The number of esters is 1. The highest BCUT2D eigenvalue weighted by Gasteiger charge is 2.22. The largest absolute Gasteiger partial charge is 0.493 e. The van der Waals surface area contributed by atoms with Crippen LogP contribution in [0.4, 0.5) is 11.4 Å². The third-order valence-electron chi connectivity index (χ3n) is 4.84. The van der Waals surface area contributed by atoms with Crippen molar-refractivity contribution >= 4 is 56.5 Å². The molecule has 0 radical (unpaired) electrons. The highest BCUT2D eigenvalue weighted by atomic mass is 35.5. The lowest BCUT2D eigenvalue weighted by atomic mass is 10.1. The summed E-state index contributed by atoms with van der Waals surface area (Å²) in [6, 6.07) is 12.7. The average molecular weight is 553 g/mol. The predicted octanol–water partition coefficient (Wildman–Crippen LogP) is 5.24. The first kappa shape index (κ1) is 27.1. The van der Waals surface area contributed by atoms with Crippen molar-refractivity contribution in [3.05, 3.63) is 75.8 Å². The van der Waals surface area contributed by atoms with E-state index in [1.54, 1.807) is 19.1 Å². The predicted molar refractivity (Wildman–Crippen MR) is 137 cm³/mol. The molecule has 0 fully saturated rings. The first-order valence-corrected chi connectivity index (χ1v) is 12.7. The van der Waals surface area contributed by atoms with Crippen molar-refractivity contribution in [3.63, 3.8) is 0 Å². The Morgan fingerprint density at radius 1 is 0.889 bits per heavy atom. The summed E-state index contributed by atoms with van der Waals surface area (Å²) in [7, 11) is -1.45. The lowest BCUT2D eigenvalue weighted by molar-refractivity contribution is 0.0526. The number of sulfonamides is 1. The number of methoxy groups -OCH3 is 2. The van der Waals surface area contributed by atoms with E-state index in [0.717, 1.165) is 0 Å². The summed E-state index contributed by atoms with van der Waals surface area (Å²) in [6.07, 6.45) is 0. The van der Waals surface area contributed by atoms with Crippen molar-refractivity contribution in [1.29, 1.82) is 0 Å². The molecule has 0 aliphatic carbocycles. The summed E-state index contributed by atoms with van der Waals surface area (Å²) >= 11 is 11.9. The Morgan fingerprint density at radius 2 is 1.58 bits per heavy atom. The highest BCUT2D eigenvalue weighted by Crippen LogP contribution is 2.38. The Hall–Kier alpha value is -3.47. The van der Waals surface area contributed by atoms with Gasteiger partial charge in [0.1, 0.15) is 0 Å². The minimum atomic E-state index is -4.13. The molecule has 0 spiro atoms. The van der Waals surface area contributed by atoms with E-state index in [1.165, 1.54) is 56.7 Å². The summed E-state index contributed by atoms with van der Waals surface area (Å²) in [5.41, 5.74) is 0.778. The van der Waals surface area contributed by atoms with Gasteiger partial charge in [-0.1, -0.05) is 23.2 Å². The smallest absolute Gasteiger partial charge is 0.338 e. The van der Waals surface area contributed by atoms with E-state index in [9.17, 15) is 18.0 Å². The number of carbonyl (C=O) groups is 2. The number of carbonyl (C=O) groups excluding carboxylic acids is 2. The third-order valence-corrected chi connectivity index (χ3v) is 6.94. The molecule has 3 rings (SSSR count). The van der Waals surface area contributed by atoms with Gasteiger partial charge in [0.2, 0.25) is 0 Å². The molecule has 0 aliphatic rings. The minimum absolute atomic E-state index is 0.0364. The molecule has 1 amide bonds. The minimum Gasteiger partial charge on any atom is -0.493 e.